The van der Waals surface area contributed by atoms with Crippen molar-refractivity contribution in [1.29, 1.82) is 0 Å². The van der Waals surface area contributed by atoms with E-state index in [9.17, 15) is 24.1 Å². The molecule has 0 saturated carbocycles. The maximum atomic E-state index is 13.6. The standard InChI is InChI=1S/C19H29FN6O5/c1-12(2)8-10-22-18(28)15(5-4-9-23-19(21)25-26(29)30)24-17(27)14-11-13(20)6-7-16(14)31-3/h6-7,11-12,15H,4-5,8-10H2,1-3H3,(H,22,28)(H,24,27)(H3,21,23,25)/t15-/m0/s1. The Morgan fingerprint density at radius 1 is 1.32 bits per heavy atom. The number of nitrogens with zero attached hydrogens (tertiary/aromatic N) is 2. The molecule has 12 heteroatoms. The van der Waals surface area contributed by atoms with Gasteiger partial charge in [-0.25, -0.2) is 19.5 Å². The summed E-state index contributed by atoms with van der Waals surface area (Å²) in [6, 6.07) is 2.58. The van der Waals surface area contributed by atoms with Crippen LogP contribution in [0.3, 0.4) is 0 Å². The van der Waals surface area contributed by atoms with E-state index in [1.807, 2.05) is 13.8 Å². The molecular weight excluding hydrogens is 411 g/mol. The van der Waals surface area contributed by atoms with E-state index in [1.54, 1.807) is 5.43 Å². The van der Waals surface area contributed by atoms with Gasteiger partial charge < -0.3 is 21.1 Å². The van der Waals surface area contributed by atoms with Crippen molar-refractivity contribution in [2.45, 2.75) is 39.2 Å². The van der Waals surface area contributed by atoms with Gasteiger partial charge in [-0.05, 0) is 43.4 Å². The minimum atomic E-state index is -0.924. The molecule has 31 heavy (non-hydrogen) atoms. The third-order valence-electron chi connectivity index (χ3n) is 4.19. The Morgan fingerprint density at radius 2 is 2.03 bits per heavy atom. The zero-order chi connectivity index (χ0) is 23.4. The van der Waals surface area contributed by atoms with Crippen molar-refractivity contribution >= 4 is 17.8 Å². The van der Waals surface area contributed by atoms with Gasteiger partial charge in [0.05, 0.1) is 12.7 Å². The molecule has 0 saturated heterocycles. The smallest absolute Gasteiger partial charge is 0.255 e. The number of methoxy groups -OCH3 is 1. The number of nitro groups is 1. The molecule has 0 radical (unpaired) electrons. The summed E-state index contributed by atoms with van der Waals surface area (Å²) in [7, 11) is 1.35. The molecule has 0 bridgehead atoms. The number of carbonyl (C=O) groups excluding carboxylic acids is 2. The molecule has 0 spiro atoms. The van der Waals surface area contributed by atoms with Crippen LogP contribution in [-0.4, -0.2) is 49.0 Å². The fourth-order valence-electron chi connectivity index (χ4n) is 2.59. The van der Waals surface area contributed by atoms with Gasteiger partial charge in [0, 0.05) is 13.1 Å². The first-order valence-electron chi connectivity index (χ1n) is 9.77. The number of nitrogens with two attached hydrogens (primary N) is 1. The van der Waals surface area contributed by atoms with Crippen molar-refractivity contribution in [3.8, 4) is 5.75 Å². The van der Waals surface area contributed by atoms with Gasteiger partial charge in [-0.3, -0.25) is 9.59 Å². The molecule has 1 rings (SSSR count). The quantitative estimate of drug-likeness (QED) is 0.124. The number of guanidine groups is 1. The fraction of sp³-hybridized carbons (Fsp3) is 0.526. The predicted molar refractivity (Wildman–Crippen MR) is 113 cm³/mol. The summed E-state index contributed by atoms with van der Waals surface area (Å²) in [6.07, 6.45) is 1.26. The zero-order valence-electron chi connectivity index (χ0n) is 17.8. The largest absolute Gasteiger partial charge is 0.496 e. The summed E-state index contributed by atoms with van der Waals surface area (Å²) in [4.78, 5) is 39.4. The lowest BCUT2D eigenvalue weighted by Gasteiger charge is -2.19. The highest BCUT2D eigenvalue weighted by Gasteiger charge is 2.23. The van der Waals surface area contributed by atoms with Crippen molar-refractivity contribution in [2.24, 2.45) is 16.6 Å². The lowest BCUT2D eigenvalue weighted by molar-refractivity contribution is -0.525. The average Bonchev–Trinajstić information content (AvgIpc) is 2.69. The summed E-state index contributed by atoms with van der Waals surface area (Å²) in [5, 5.41) is 14.8. The van der Waals surface area contributed by atoms with Crippen LogP contribution in [0.15, 0.2) is 23.2 Å². The lowest BCUT2D eigenvalue weighted by Crippen LogP contribution is -2.47. The Bertz CT molecular complexity index is 802. The normalized spacial score (nSPS) is 12.2. The second-order valence-corrected chi connectivity index (χ2v) is 7.12. The number of carbonyl (C=O) groups is 2. The van der Waals surface area contributed by atoms with Gasteiger partial charge in [-0.15, -0.1) is 0 Å². The van der Waals surface area contributed by atoms with Gasteiger partial charge in [0.25, 0.3) is 11.9 Å². The predicted octanol–water partition coefficient (Wildman–Crippen LogP) is 0.971. The highest BCUT2D eigenvalue weighted by Crippen LogP contribution is 2.19. The third-order valence-corrected chi connectivity index (χ3v) is 4.19. The molecule has 0 heterocycles. The minimum Gasteiger partial charge on any atom is -0.496 e. The zero-order valence-corrected chi connectivity index (χ0v) is 17.8. The molecule has 5 N–H and O–H groups in total. The van der Waals surface area contributed by atoms with Gasteiger partial charge in [-0.1, -0.05) is 19.3 Å². The molecule has 0 aliphatic carbocycles. The van der Waals surface area contributed by atoms with Crippen LogP contribution in [-0.2, 0) is 4.79 Å². The number of hydrogen-bond donors (Lipinski definition) is 4. The van der Waals surface area contributed by atoms with Gasteiger partial charge in [0.2, 0.25) is 5.91 Å². The number of amides is 2. The van der Waals surface area contributed by atoms with Crippen LogP contribution in [0.2, 0.25) is 0 Å². The minimum absolute atomic E-state index is 0.0417. The van der Waals surface area contributed by atoms with Crippen LogP contribution in [0.25, 0.3) is 0 Å². The van der Waals surface area contributed by atoms with Gasteiger partial charge >= 0.3 is 0 Å². The van der Waals surface area contributed by atoms with Crippen molar-refractivity contribution in [3.05, 3.63) is 39.7 Å². The number of hydrazine groups is 1. The Morgan fingerprint density at radius 3 is 2.65 bits per heavy atom. The summed E-state index contributed by atoms with van der Waals surface area (Å²) in [5.74, 6) is -1.50. The monoisotopic (exact) mass is 440 g/mol. The molecule has 11 nitrogen and oxygen atoms in total. The highest BCUT2D eigenvalue weighted by atomic mass is 19.1. The van der Waals surface area contributed by atoms with E-state index in [0.29, 0.717) is 18.9 Å². The first kappa shape index (κ1) is 25.6. The molecule has 0 aliphatic heterocycles. The molecule has 1 aromatic carbocycles. The molecule has 172 valence electrons. The summed E-state index contributed by atoms with van der Waals surface area (Å²) in [5.41, 5.74) is 7.02. The Balaban J connectivity index is 2.84. The number of nitrogens with one attached hydrogen (secondary N) is 3. The molecule has 2 amide bonds. The van der Waals surface area contributed by atoms with Crippen molar-refractivity contribution in [3.63, 3.8) is 0 Å². The maximum absolute atomic E-state index is 13.6. The van der Waals surface area contributed by atoms with E-state index in [2.05, 4.69) is 15.6 Å². The molecule has 0 aliphatic rings. The Hall–Kier alpha value is -3.44. The third kappa shape index (κ3) is 9.74. The van der Waals surface area contributed by atoms with Crippen LogP contribution >= 0.6 is 0 Å². The van der Waals surface area contributed by atoms with E-state index < -0.39 is 28.7 Å². The van der Waals surface area contributed by atoms with Crippen LogP contribution in [0, 0.1) is 21.8 Å². The van der Waals surface area contributed by atoms with Gasteiger partial charge in [0.1, 0.15) is 17.6 Å². The first-order valence-corrected chi connectivity index (χ1v) is 9.77. The second kappa shape index (κ2) is 13.0. The summed E-state index contributed by atoms with van der Waals surface area (Å²) in [6.45, 7) is 4.57. The van der Waals surface area contributed by atoms with Crippen LogP contribution in [0.4, 0.5) is 4.39 Å². The molecular formula is C19H29FN6O5. The number of aliphatic imine (C=N–C) groups is 1. The fourth-order valence-corrected chi connectivity index (χ4v) is 2.59. The van der Waals surface area contributed by atoms with E-state index >= 15 is 0 Å². The highest BCUT2D eigenvalue weighted by molar-refractivity contribution is 5.99. The number of ether oxygens (including phenoxy) is 1. The van der Waals surface area contributed by atoms with Gasteiger partial charge in [0.15, 0.2) is 5.03 Å². The first-order chi connectivity index (χ1) is 14.6. The number of halogens is 1. The summed E-state index contributed by atoms with van der Waals surface area (Å²) < 4.78 is 18.7. The van der Waals surface area contributed by atoms with Crippen molar-refractivity contribution in [1.82, 2.24) is 16.1 Å². The van der Waals surface area contributed by atoms with Gasteiger partial charge in [-0.2, -0.15) is 0 Å². The Labute approximate surface area is 179 Å². The molecule has 0 unspecified atom stereocenters. The van der Waals surface area contributed by atoms with Crippen LogP contribution in [0.1, 0.15) is 43.5 Å². The van der Waals surface area contributed by atoms with Crippen molar-refractivity contribution < 1.29 is 23.7 Å². The molecule has 1 aromatic rings. The number of rotatable bonds is 12. The molecule has 1 atom stereocenters. The Kier molecular flexibility index (Phi) is 10.7. The van der Waals surface area contributed by atoms with E-state index in [1.165, 1.54) is 13.2 Å². The topological polar surface area (TPSA) is 161 Å². The molecule has 0 aromatic heterocycles. The van der Waals surface area contributed by atoms with E-state index in [4.69, 9.17) is 10.5 Å². The molecule has 0 fully saturated rings. The number of hydrogen-bond acceptors (Lipinski definition) is 6. The van der Waals surface area contributed by atoms with E-state index in [0.717, 1.165) is 18.6 Å². The number of benzene rings is 1. The SMILES string of the molecule is COc1ccc(F)cc1C(=O)N[C@@H](CCCN=C(N)N[N+](=O)[O-])C(=O)NCCC(C)C. The lowest BCUT2D eigenvalue weighted by atomic mass is 10.1. The average molecular weight is 440 g/mol. The van der Waals surface area contributed by atoms with E-state index in [-0.39, 0.29) is 30.2 Å². The van der Waals surface area contributed by atoms with Crippen LogP contribution in [0.5, 0.6) is 5.75 Å². The second-order valence-electron chi connectivity index (χ2n) is 7.12. The summed E-state index contributed by atoms with van der Waals surface area (Å²) >= 11 is 0. The van der Waals surface area contributed by atoms with Crippen molar-refractivity contribution in [2.75, 3.05) is 20.2 Å². The maximum Gasteiger partial charge on any atom is 0.255 e. The van der Waals surface area contributed by atoms with Crippen LogP contribution < -0.4 is 26.5 Å².